The second-order valence-corrected chi connectivity index (χ2v) is 1.94. The van der Waals surface area contributed by atoms with Gasteiger partial charge in [0.2, 0.25) is 0 Å². The predicted molar refractivity (Wildman–Crippen MR) is 44.3 cm³/mol. The van der Waals surface area contributed by atoms with Crippen LogP contribution in [0, 0.1) is 0 Å². The van der Waals surface area contributed by atoms with Crippen molar-refractivity contribution in [1.29, 1.82) is 0 Å². The van der Waals surface area contributed by atoms with E-state index in [1.807, 2.05) is 24.3 Å². The quantitative estimate of drug-likeness (QED) is 0.476. The number of nitrogen functional groups attached to an aromatic ring is 1. The highest BCUT2D eigenvalue weighted by Crippen LogP contribution is 2.13. The first kappa shape index (κ1) is 6.83. The van der Waals surface area contributed by atoms with Crippen molar-refractivity contribution in [2.45, 2.75) is 0 Å². The molecule has 1 aromatic rings. The maximum absolute atomic E-state index is 5.23. The van der Waals surface area contributed by atoms with Crippen molar-refractivity contribution in [1.82, 2.24) is 0 Å². The van der Waals surface area contributed by atoms with Crippen LogP contribution < -0.4 is 11.3 Å². The van der Waals surface area contributed by atoms with Crippen LogP contribution in [0.1, 0.15) is 5.56 Å². The third-order valence-electron chi connectivity index (χ3n) is 1.34. The first-order chi connectivity index (χ1) is 4.88. The van der Waals surface area contributed by atoms with Gasteiger partial charge in [0.05, 0.1) is 5.69 Å². The minimum Gasteiger partial charge on any atom is -0.324 e. The zero-order valence-corrected chi connectivity index (χ0v) is 5.67. The van der Waals surface area contributed by atoms with Gasteiger partial charge in [-0.25, -0.2) is 0 Å². The van der Waals surface area contributed by atoms with Gasteiger partial charge in [0, 0.05) is 0 Å². The molecule has 0 aliphatic heterocycles. The summed E-state index contributed by atoms with van der Waals surface area (Å²) >= 11 is 0. The van der Waals surface area contributed by atoms with Crippen LogP contribution in [-0.2, 0) is 0 Å². The number of nitrogens with two attached hydrogens (primary N) is 1. The molecule has 0 bridgehead atoms. The first-order valence-corrected chi connectivity index (χ1v) is 3.06. The maximum Gasteiger partial charge on any atom is 0.0557 e. The van der Waals surface area contributed by atoms with Crippen LogP contribution in [0.2, 0.25) is 0 Å². The molecule has 0 heterocycles. The molecule has 52 valence electrons. The van der Waals surface area contributed by atoms with E-state index < -0.39 is 0 Å². The van der Waals surface area contributed by atoms with E-state index in [1.54, 1.807) is 6.08 Å². The van der Waals surface area contributed by atoms with Gasteiger partial charge in [-0.15, -0.1) is 0 Å². The molecule has 0 saturated carbocycles. The Balaban J connectivity index is 3.08. The Morgan fingerprint density at radius 1 is 1.40 bits per heavy atom. The molecule has 0 radical (unpaired) electrons. The van der Waals surface area contributed by atoms with Crippen LogP contribution >= 0.6 is 0 Å². The van der Waals surface area contributed by atoms with E-state index >= 15 is 0 Å². The second-order valence-electron chi connectivity index (χ2n) is 1.94. The van der Waals surface area contributed by atoms with Crippen molar-refractivity contribution in [3.8, 4) is 0 Å². The van der Waals surface area contributed by atoms with Crippen LogP contribution in [0.15, 0.2) is 30.8 Å². The SMILES string of the molecule is C=Cc1ccccc1NN. The molecule has 0 fully saturated rings. The number of benzene rings is 1. The summed E-state index contributed by atoms with van der Waals surface area (Å²) in [6.07, 6.45) is 1.76. The molecule has 0 aliphatic carbocycles. The van der Waals surface area contributed by atoms with Gasteiger partial charge in [0.1, 0.15) is 0 Å². The molecule has 0 aliphatic rings. The lowest BCUT2D eigenvalue weighted by molar-refractivity contribution is 1.35. The molecule has 2 heteroatoms. The fourth-order valence-electron chi connectivity index (χ4n) is 0.806. The van der Waals surface area contributed by atoms with Crippen LogP contribution in [0.4, 0.5) is 5.69 Å². The lowest BCUT2D eigenvalue weighted by atomic mass is 10.2. The molecular formula is C8H10N2. The molecule has 1 aromatic carbocycles. The van der Waals surface area contributed by atoms with E-state index in [9.17, 15) is 0 Å². The van der Waals surface area contributed by atoms with Crippen LogP contribution in [0.5, 0.6) is 0 Å². The molecule has 0 unspecified atom stereocenters. The number of anilines is 1. The van der Waals surface area contributed by atoms with E-state index in [1.165, 1.54) is 0 Å². The highest BCUT2D eigenvalue weighted by atomic mass is 15.2. The van der Waals surface area contributed by atoms with Gasteiger partial charge in [-0.1, -0.05) is 30.9 Å². The number of hydrogen-bond acceptors (Lipinski definition) is 2. The Morgan fingerprint density at radius 3 is 2.60 bits per heavy atom. The Morgan fingerprint density at radius 2 is 2.10 bits per heavy atom. The number of rotatable bonds is 2. The van der Waals surface area contributed by atoms with Crippen LogP contribution in [0.25, 0.3) is 6.08 Å². The fourth-order valence-corrected chi connectivity index (χ4v) is 0.806. The average Bonchev–Trinajstić information content (AvgIpc) is 2.04. The molecule has 2 nitrogen and oxygen atoms in total. The Labute approximate surface area is 60.3 Å². The number of para-hydroxylation sites is 1. The van der Waals surface area contributed by atoms with Gasteiger partial charge in [-0.3, -0.25) is 5.84 Å². The minimum absolute atomic E-state index is 0.900. The van der Waals surface area contributed by atoms with Crippen molar-refractivity contribution >= 4 is 11.8 Å². The molecule has 3 N–H and O–H groups in total. The number of hydrazine groups is 1. The van der Waals surface area contributed by atoms with E-state index in [0.717, 1.165) is 11.3 Å². The minimum atomic E-state index is 0.900. The van der Waals surface area contributed by atoms with Gasteiger partial charge in [0.15, 0.2) is 0 Å². The average molecular weight is 134 g/mol. The molecule has 1 rings (SSSR count). The van der Waals surface area contributed by atoms with Gasteiger partial charge >= 0.3 is 0 Å². The zero-order chi connectivity index (χ0) is 7.40. The normalized spacial score (nSPS) is 8.90. The molecular weight excluding hydrogens is 124 g/mol. The van der Waals surface area contributed by atoms with E-state index in [4.69, 9.17) is 5.84 Å². The van der Waals surface area contributed by atoms with Gasteiger partial charge < -0.3 is 5.43 Å². The summed E-state index contributed by atoms with van der Waals surface area (Å²) in [5.41, 5.74) is 4.49. The molecule has 0 atom stereocenters. The van der Waals surface area contributed by atoms with E-state index in [0.29, 0.717) is 0 Å². The van der Waals surface area contributed by atoms with Crippen molar-refractivity contribution in [2.75, 3.05) is 5.43 Å². The Kier molecular flexibility index (Phi) is 2.07. The molecule has 0 amide bonds. The number of nitrogens with one attached hydrogen (secondary N) is 1. The van der Waals surface area contributed by atoms with Crippen molar-refractivity contribution in [3.63, 3.8) is 0 Å². The fraction of sp³-hybridized carbons (Fsp3) is 0. The third-order valence-corrected chi connectivity index (χ3v) is 1.34. The molecule has 10 heavy (non-hydrogen) atoms. The summed E-state index contributed by atoms with van der Waals surface area (Å²) in [4.78, 5) is 0. The topological polar surface area (TPSA) is 38.0 Å². The third kappa shape index (κ3) is 1.17. The smallest absolute Gasteiger partial charge is 0.0557 e. The van der Waals surface area contributed by atoms with Crippen molar-refractivity contribution in [3.05, 3.63) is 36.4 Å². The predicted octanol–water partition coefficient (Wildman–Crippen LogP) is 1.62. The maximum atomic E-state index is 5.23. The van der Waals surface area contributed by atoms with Gasteiger partial charge in [0.25, 0.3) is 0 Å². The van der Waals surface area contributed by atoms with Crippen molar-refractivity contribution in [2.24, 2.45) is 5.84 Å². The number of hydrogen-bond donors (Lipinski definition) is 2. The molecule has 0 saturated heterocycles. The summed E-state index contributed by atoms with van der Waals surface area (Å²) < 4.78 is 0. The second kappa shape index (κ2) is 3.03. The van der Waals surface area contributed by atoms with Gasteiger partial charge in [-0.05, 0) is 11.6 Å². The van der Waals surface area contributed by atoms with Gasteiger partial charge in [-0.2, -0.15) is 0 Å². The van der Waals surface area contributed by atoms with Crippen LogP contribution in [-0.4, -0.2) is 0 Å². The summed E-state index contributed by atoms with van der Waals surface area (Å²) in [5.74, 6) is 5.23. The Bertz CT molecular complexity index is 230. The van der Waals surface area contributed by atoms with Crippen molar-refractivity contribution < 1.29 is 0 Å². The molecule has 0 aromatic heterocycles. The zero-order valence-electron chi connectivity index (χ0n) is 5.67. The lowest BCUT2D eigenvalue weighted by Gasteiger charge is -2.02. The largest absolute Gasteiger partial charge is 0.324 e. The monoisotopic (exact) mass is 134 g/mol. The molecule has 0 spiro atoms. The summed E-state index contributed by atoms with van der Waals surface area (Å²) in [5, 5.41) is 0. The Hall–Kier alpha value is -1.28. The van der Waals surface area contributed by atoms with E-state index in [2.05, 4.69) is 12.0 Å². The summed E-state index contributed by atoms with van der Waals surface area (Å²) in [6, 6.07) is 7.71. The first-order valence-electron chi connectivity index (χ1n) is 3.06. The van der Waals surface area contributed by atoms with E-state index in [-0.39, 0.29) is 0 Å². The van der Waals surface area contributed by atoms with Crippen LogP contribution in [0.3, 0.4) is 0 Å². The lowest BCUT2D eigenvalue weighted by Crippen LogP contribution is -2.07. The summed E-state index contributed by atoms with van der Waals surface area (Å²) in [7, 11) is 0. The highest BCUT2D eigenvalue weighted by Gasteiger charge is 1.91. The summed E-state index contributed by atoms with van der Waals surface area (Å²) in [6.45, 7) is 3.64. The highest BCUT2D eigenvalue weighted by molar-refractivity contribution is 5.64. The standard InChI is InChI=1S/C8H10N2/c1-2-7-5-3-4-6-8(7)10-9/h2-6,10H,1,9H2.